The Morgan fingerprint density at radius 1 is 1.08 bits per heavy atom. The maximum atomic E-state index is 14.8. The van der Waals surface area contributed by atoms with Gasteiger partial charge in [-0.05, 0) is 44.0 Å². The number of hydrogen-bond acceptors (Lipinski definition) is 3. The zero-order valence-corrected chi connectivity index (χ0v) is 15.5. The Morgan fingerprint density at radius 2 is 1.68 bits per heavy atom. The average molecular weight is 365 g/mol. The molecule has 0 bridgehead atoms. The Bertz CT molecular complexity index is 772. The zero-order chi connectivity index (χ0) is 18.5. The van der Waals surface area contributed by atoms with Crippen LogP contribution in [0.1, 0.15) is 31.9 Å². The molecule has 1 unspecified atom stereocenters. The summed E-state index contributed by atoms with van der Waals surface area (Å²) < 4.78 is 46.4. The molecule has 0 saturated heterocycles. The molecule has 0 aliphatic rings. The lowest BCUT2D eigenvalue weighted by atomic mass is 9.98. The van der Waals surface area contributed by atoms with Crippen molar-refractivity contribution in [1.82, 2.24) is 4.72 Å². The van der Waals surface area contributed by atoms with Gasteiger partial charge in [-0.3, -0.25) is 0 Å². The molecule has 6 heteroatoms. The van der Waals surface area contributed by atoms with Gasteiger partial charge in [0.25, 0.3) is 0 Å². The summed E-state index contributed by atoms with van der Waals surface area (Å²) >= 11 is 0. The summed E-state index contributed by atoms with van der Waals surface area (Å²) in [6, 6.07) is 16.4. The second-order valence-electron chi connectivity index (χ2n) is 6.41. The number of sulfonamides is 1. The molecule has 1 atom stereocenters. The molecule has 25 heavy (non-hydrogen) atoms. The Balaban J connectivity index is 1.98. The number of alkyl halides is 1. The maximum Gasteiger partial charge on any atom is 0.214 e. The van der Waals surface area contributed by atoms with Crippen molar-refractivity contribution in [3.63, 3.8) is 0 Å². The van der Waals surface area contributed by atoms with Crippen molar-refractivity contribution < 1.29 is 17.5 Å². The number of hydrogen-bond donors (Lipinski definition) is 1. The van der Waals surface area contributed by atoms with Crippen LogP contribution in [0.25, 0.3) is 0 Å². The molecule has 0 aliphatic heterocycles. The molecule has 0 radical (unpaired) electrons. The van der Waals surface area contributed by atoms with E-state index in [0.29, 0.717) is 17.9 Å². The van der Waals surface area contributed by atoms with Gasteiger partial charge in [-0.2, -0.15) is 0 Å². The molecule has 0 heterocycles. The Kier molecular flexibility index (Phi) is 6.19. The number of ether oxygens (including phenoxy) is 1. The smallest absolute Gasteiger partial charge is 0.214 e. The molecular weight excluding hydrogens is 341 g/mol. The molecule has 2 aromatic carbocycles. The highest BCUT2D eigenvalue weighted by Gasteiger charge is 2.28. The SMILES string of the molecule is CC(C)S(=O)(=O)NCC(C)(F)c1ccc(OCc2ccccc2)cc1. The lowest BCUT2D eigenvalue weighted by Gasteiger charge is -2.22. The quantitative estimate of drug-likeness (QED) is 0.775. The van der Waals surface area contributed by atoms with Gasteiger partial charge < -0.3 is 4.74 Å². The fraction of sp³-hybridized carbons (Fsp3) is 0.368. The molecule has 2 rings (SSSR count). The van der Waals surface area contributed by atoms with Gasteiger partial charge in [0, 0.05) is 6.54 Å². The number of nitrogens with one attached hydrogen (secondary N) is 1. The molecule has 2 aromatic rings. The molecule has 0 saturated carbocycles. The van der Waals surface area contributed by atoms with E-state index in [1.54, 1.807) is 38.1 Å². The summed E-state index contributed by atoms with van der Waals surface area (Å²) in [5, 5.41) is -0.600. The first-order valence-corrected chi connectivity index (χ1v) is 9.70. The first-order valence-electron chi connectivity index (χ1n) is 8.15. The van der Waals surface area contributed by atoms with Crippen LogP contribution in [0.4, 0.5) is 4.39 Å². The largest absolute Gasteiger partial charge is 0.489 e. The van der Waals surface area contributed by atoms with E-state index >= 15 is 0 Å². The van der Waals surface area contributed by atoms with E-state index in [4.69, 9.17) is 4.74 Å². The van der Waals surface area contributed by atoms with Crippen LogP contribution in [0.2, 0.25) is 0 Å². The second-order valence-corrected chi connectivity index (χ2v) is 8.73. The van der Waals surface area contributed by atoms with Gasteiger partial charge in [0.2, 0.25) is 10.0 Å². The molecule has 0 aliphatic carbocycles. The predicted molar refractivity (Wildman–Crippen MR) is 97.7 cm³/mol. The maximum absolute atomic E-state index is 14.8. The van der Waals surface area contributed by atoms with Gasteiger partial charge in [-0.1, -0.05) is 42.5 Å². The molecular formula is C19H24FNO3S. The van der Waals surface area contributed by atoms with Crippen molar-refractivity contribution >= 4 is 10.0 Å². The van der Waals surface area contributed by atoms with Gasteiger partial charge >= 0.3 is 0 Å². The molecule has 0 amide bonds. The fourth-order valence-corrected chi connectivity index (χ4v) is 2.95. The second kappa shape index (κ2) is 7.97. The van der Waals surface area contributed by atoms with Crippen molar-refractivity contribution in [2.45, 2.75) is 38.3 Å². The van der Waals surface area contributed by atoms with E-state index in [0.717, 1.165) is 5.56 Å². The van der Waals surface area contributed by atoms with Crippen LogP contribution in [0.5, 0.6) is 5.75 Å². The van der Waals surface area contributed by atoms with Crippen LogP contribution < -0.4 is 9.46 Å². The third kappa shape index (κ3) is 5.54. The van der Waals surface area contributed by atoms with Crippen molar-refractivity contribution in [3.05, 3.63) is 65.7 Å². The van der Waals surface area contributed by atoms with E-state index in [9.17, 15) is 12.8 Å². The topological polar surface area (TPSA) is 55.4 Å². The molecule has 136 valence electrons. The van der Waals surface area contributed by atoms with Crippen LogP contribution in [-0.4, -0.2) is 20.2 Å². The van der Waals surface area contributed by atoms with Gasteiger partial charge in [0.1, 0.15) is 18.0 Å². The van der Waals surface area contributed by atoms with Crippen molar-refractivity contribution in [2.24, 2.45) is 0 Å². The first-order chi connectivity index (χ1) is 11.7. The third-order valence-electron chi connectivity index (χ3n) is 3.93. The highest BCUT2D eigenvalue weighted by molar-refractivity contribution is 7.90. The normalized spacial score (nSPS) is 14.3. The highest BCUT2D eigenvalue weighted by atomic mass is 32.2. The average Bonchev–Trinajstić information content (AvgIpc) is 2.59. The van der Waals surface area contributed by atoms with E-state index in [1.165, 1.54) is 6.92 Å². The van der Waals surface area contributed by atoms with E-state index < -0.39 is 20.9 Å². The van der Waals surface area contributed by atoms with Crippen molar-refractivity contribution in [3.8, 4) is 5.75 Å². The van der Waals surface area contributed by atoms with Gasteiger partial charge in [-0.15, -0.1) is 0 Å². The number of halogens is 1. The molecule has 0 aromatic heterocycles. The Hall–Kier alpha value is -1.92. The number of rotatable bonds is 8. The molecule has 0 spiro atoms. The minimum absolute atomic E-state index is 0.308. The zero-order valence-electron chi connectivity index (χ0n) is 14.7. The lowest BCUT2D eigenvalue weighted by Crippen LogP contribution is -2.39. The summed E-state index contributed by atoms with van der Waals surface area (Å²) in [7, 11) is -3.50. The van der Waals surface area contributed by atoms with Crippen LogP contribution in [0, 0.1) is 0 Å². The summed E-state index contributed by atoms with van der Waals surface area (Å²) in [4.78, 5) is 0. The monoisotopic (exact) mass is 365 g/mol. The minimum Gasteiger partial charge on any atom is -0.489 e. The van der Waals surface area contributed by atoms with Crippen LogP contribution >= 0.6 is 0 Å². The minimum atomic E-state index is -3.50. The van der Waals surface area contributed by atoms with Crippen molar-refractivity contribution in [1.29, 1.82) is 0 Å². The van der Waals surface area contributed by atoms with Crippen LogP contribution in [-0.2, 0) is 22.3 Å². The fourth-order valence-electron chi connectivity index (χ4n) is 2.14. The number of benzene rings is 2. The van der Waals surface area contributed by atoms with Crippen LogP contribution in [0.3, 0.4) is 0 Å². The van der Waals surface area contributed by atoms with Gasteiger partial charge in [0.15, 0.2) is 0 Å². The predicted octanol–water partition coefficient (Wildman–Crippen LogP) is 3.78. The molecule has 4 nitrogen and oxygen atoms in total. The Morgan fingerprint density at radius 3 is 2.24 bits per heavy atom. The van der Waals surface area contributed by atoms with Crippen LogP contribution in [0.15, 0.2) is 54.6 Å². The first kappa shape index (κ1) is 19.4. The lowest BCUT2D eigenvalue weighted by molar-refractivity contribution is 0.196. The summed E-state index contributed by atoms with van der Waals surface area (Å²) in [5.74, 6) is 0.631. The van der Waals surface area contributed by atoms with Crippen molar-refractivity contribution in [2.75, 3.05) is 6.54 Å². The standard InChI is InChI=1S/C19H24FNO3S/c1-15(2)25(22,23)21-14-19(3,20)17-9-11-18(12-10-17)24-13-16-7-5-4-6-8-16/h4-12,15,21H,13-14H2,1-3H3. The van der Waals surface area contributed by atoms with Gasteiger partial charge in [-0.25, -0.2) is 17.5 Å². The molecule has 0 fully saturated rings. The van der Waals surface area contributed by atoms with E-state index in [1.807, 2.05) is 30.3 Å². The summed E-state index contributed by atoms with van der Waals surface area (Å²) in [5.41, 5.74) is -0.365. The summed E-state index contributed by atoms with van der Waals surface area (Å²) in [6.45, 7) is 4.59. The van der Waals surface area contributed by atoms with E-state index in [-0.39, 0.29) is 6.54 Å². The summed E-state index contributed by atoms with van der Waals surface area (Å²) in [6.07, 6.45) is 0. The third-order valence-corrected chi connectivity index (χ3v) is 5.72. The molecule has 1 N–H and O–H groups in total. The Labute approximate surface area is 149 Å². The van der Waals surface area contributed by atoms with Gasteiger partial charge in [0.05, 0.1) is 5.25 Å². The van der Waals surface area contributed by atoms with E-state index in [2.05, 4.69) is 4.72 Å². The highest BCUT2D eigenvalue weighted by Crippen LogP contribution is 2.27.